The van der Waals surface area contributed by atoms with Crippen LogP contribution in [0.1, 0.15) is 39.2 Å². The molecule has 0 aliphatic rings. The van der Waals surface area contributed by atoms with Crippen molar-refractivity contribution in [2.45, 2.75) is 52.2 Å². The maximum Gasteiger partial charge on any atom is 0.347 e. The summed E-state index contributed by atoms with van der Waals surface area (Å²) in [4.78, 5) is 11.9. The lowest BCUT2D eigenvalue weighted by Crippen LogP contribution is -2.29. The highest BCUT2D eigenvalue weighted by Gasteiger charge is 2.21. The first-order chi connectivity index (χ1) is 9.97. The van der Waals surface area contributed by atoms with E-state index in [4.69, 9.17) is 26.8 Å². The van der Waals surface area contributed by atoms with Crippen molar-refractivity contribution in [3.8, 4) is 5.75 Å². The number of carbonyl (C=O) groups excluding carboxylic acids is 1. The molecular formula is C16H24ClNO3. The van der Waals surface area contributed by atoms with Crippen LogP contribution in [0.25, 0.3) is 0 Å². The Labute approximate surface area is 131 Å². The second-order valence-corrected chi connectivity index (χ2v) is 5.50. The van der Waals surface area contributed by atoms with Gasteiger partial charge < -0.3 is 15.2 Å². The Balaban J connectivity index is 2.81. The molecule has 1 aromatic rings. The Morgan fingerprint density at radius 3 is 2.62 bits per heavy atom. The second-order valence-electron chi connectivity index (χ2n) is 5.09. The maximum absolute atomic E-state index is 11.9. The molecule has 2 unspecified atom stereocenters. The largest absolute Gasteiger partial charge is 0.477 e. The van der Waals surface area contributed by atoms with E-state index in [1.165, 1.54) is 0 Å². The van der Waals surface area contributed by atoms with Gasteiger partial charge in [0.15, 0.2) is 6.10 Å². The van der Waals surface area contributed by atoms with Crippen LogP contribution in [0.4, 0.5) is 0 Å². The average Bonchev–Trinajstić information content (AvgIpc) is 2.40. The van der Waals surface area contributed by atoms with Crippen LogP contribution < -0.4 is 10.5 Å². The van der Waals surface area contributed by atoms with Crippen LogP contribution in [0.3, 0.4) is 0 Å². The molecule has 0 amide bonds. The fourth-order valence-corrected chi connectivity index (χ4v) is 2.26. The molecule has 0 radical (unpaired) electrons. The SMILES string of the molecule is CCCC(Oc1ccc(CC(C)N)cc1Cl)C(=O)OCC. The van der Waals surface area contributed by atoms with Gasteiger partial charge in [0.25, 0.3) is 0 Å². The molecule has 0 saturated carbocycles. The van der Waals surface area contributed by atoms with Gasteiger partial charge in [-0.1, -0.05) is 31.0 Å². The summed E-state index contributed by atoms with van der Waals surface area (Å²) in [7, 11) is 0. The van der Waals surface area contributed by atoms with E-state index in [2.05, 4.69) is 0 Å². The zero-order valence-electron chi connectivity index (χ0n) is 12.9. The van der Waals surface area contributed by atoms with E-state index in [0.29, 0.717) is 23.8 Å². The lowest BCUT2D eigenvalue weighted by Gasteiger charge is -2.18. The summed E-state index contributed by atoms with van der Waals surface area (Å²) in [6.07, 6.45) is 1.54. The van der Waals surface area contributed by atoms with Crippen molar-refractivity contribution in [3.63, 3.8) is 0 Å². The molecular weight excluding hydrogens is 290 g/mol. The minimum absolute atomic E-state index is 0.0696. The molecule has 21 heavy (non-hydrogen) atoms. The summed E-state index contributed by atoms with van der Waals surface area (Å²) in [6.45, 7) is 6.04. The third-order valence-electron chi connectivity index (χ3n) is 2.92. The zero-order chi connectivity index (χ0) is 15.8. The monoisotopic (exact) mass is 313 g/mol. The van der Waals surface area contributed by atoms with E-state index in [1.54, 1.807) is 13.0 Å². The van der Waals surface area contributed by atoms with Gasteiger partial charge in [-0.25, -0.2) is 4.79 Å². The minimum atomic E-state index is -0.619. The number of esters is 1. The van der Waals surface area contributed by atoms with Gasteiger partial charge in [0, 0.05) is 6.04 Å². The third kappa shape index (κ3) is 5.94. The molecule has 2 atom stereocenters. The number of halogens is 1. The molecule has 0 heterocycles. The van der Waals surface area contributed by atoms with Crippen molar-refractivity contribution in [1.29, 1.82) is 0 Å². The van der Waals surface area contributed by atoms with Gasteiger partial charge in [-0.2, -0.15) is 0 Å². The van der Waals surface area contributed by atoms with Crippen LogP contribution in [0, 0.1) is 0 Å². The number of hydrogen-bond donors (Lipinski definition) is 1. The Bertz CT molecular complexity index is 463. The summed E-state index contributed by atoms with van der Waals surface area (Å²) < 4.78 is 10.7. The predicted molar refractivity (Wildman–Crippen MR) is 84.8 cm³/mol. The van der Waals surface area contributed by atoms with Gasteiger partial charge >= 0.3 is 5.97 Å². The first-order valence-corrected chi connectivity index (χ1v) is 7.73. The van der Waals surface area contributed by atoms with Gasteiger partial charge in [0.2, 0.25) is 0 Å². The molecule has 0 fully saturated rings. The summed E-state index contributed by atoms with van der Waals surface area (Å²) in [5.74, 6) is 0.145. The van der Waals surface area contributed by atoms with Crippen LogP contribution in [-0.4, -0.2) is 24.7 Å². The molecule has 0 aromatic heterocycles. The van der Waals surface area contributed by atoms with Crippen LogP contribution in [0.15, 0.2) is 18.2 Å². The molecule has 0 aliphatic carbocycles. The van der Waals surface area contributed by atoms with Crippen LogP contribution in [0.2, 0.25) is 5.02 Å². The number of carbonyl (C=O) groups is 1. The first kappa shape index (κ1) is 17.8. The Hall–Kier alpha value is -1.26. The van der Waals surface area contributed by atoms with Crippen LogP contribution >= 0.6 is 11.6 Å². The van der Waals surface area contributed by atoms with Crippen molar-refractivity contribution < 1.29 is 14.3 Å². The highest BCUT2D eigenvalue weighted by Crippen LogP contribution is 2.27. The summed E-state index contributed by atoms with van der Waals surface area (Å²) >= 11 is 6.22. The molecule has 2 N–H and O–H groups in total. The van der Waals surface area contributed by atoms with E-state index in [0.717, 1.165) is 18.4 Å². The van der Waals surface area contributed by atoms with Gasteiger partial charge in [-0.15, -0.1) is 0 Å². The van der Waals surface area contributed by atoms with E-state index in [1.807, 2.05) is 26.0 Å². The second kappa shape index (κ2) is 8.90. The Morgan fingerprint density at radius 2 is 2.10 bits per heavy atom. The highest BCUT2D eigenvalue weighted by atomic mass is 35.5. The Kier molecular flexibility index (Phi) is 7.54. The predicted octanol–water partition coefficient (Wildman–Crippen LogP) is 3.34. The fourth-order valence-electron chi connectivity index (χ4n) is 2.01. The number of nitrogens with two attached hydrogens (primary N) is 1. The lowest BCUT2D eigenvalue weighted by atomic mass is 10.1. The maximum atomic E-state index is 11.9. The number of rotatable bonds is 8. The third-order valence-corrected chi connectivity index (χ3v) is 3.22. The molecule has 5 heteroatoms. The number of benzene rings is 1. The highest BCUT2D eigenvalue weighted by molar-refractivity contribution is 6.32. The van der Waals surface area contributed by atoms with Gasteiger partial charge in [0.05, 0.1) is 11.6 Å². The zero-order valence-corrected chi connectivity index (χ0v) is 13.7. The molecule has 0 spiro atoms. The van der Waals surface area contributed by atoms with E-state index < -0.39 is 6.10 Å². The number of hydrogen-bond acceptors (Lipinski definition) is 4. The van der Waals surface area contributed by atoms with Crippen molar-refractivity contribution in [1.82, 2.24) is 0 Å². The van der Waals surface area contributed by atoms with Gasteiger partial charge in [-0.05, 0) is 44.4 Å². The van der Waals surface area contributed by atoms with Crippen molar-refractivity contribution >= 4 is 17.6 Å². The molecule has 0 bridgehead atoms. The van der Waals surface area contributed by atoms with E-state index in [9.17, 15) is 4.79 Å². The topological polar surface area (TPSA) is 61.5 Å². The van der Waals surface area contributed by atoms with E-state index in [-0.39, 0.29) is 12.0 Å². The van der Waals surface area contributed by atoms with Gasteiger partial charge in [-0.3, -0.25) is 0 Å². The molecule has 1 rings (SSSR count). The lowest BCUT2D eigenvalue weighted by molar-refractivity contribution is -0.151. The van der Waals surface area contributed by atoms with Crippen molar-refractivity contribution in [2.75, 3.05) is 6.61 Å². The molecule has 0 aliphatic heterocycles. The summed E-state index contributed by atoms with van der Waals surface area (Å²) in [5, 5.41) is 0.485. The number of ether oxygens (including phenoxy) is 2. The first-order valence-electron chi connectivity index (χ1n) is 7.35. The molecule has 1 aromatic carbocycles. The van der Waals surface area contributed by atoms with Gasteiger partial charge in [0.1, 0.15) is 5.75 Å². The van der Waals surface area contributed by atoms with Crippen LogP contribution in [-0.2, 0) is 16.0 Å². The average molecular weight is 314 g/mol. The molecule has 4 nitrogen and oxygen atoms in total. The smallest absolute Gasteiger partial charge is 0.347 e. The molecule has 118 valence electrons. The molecule has 0 saturated heterocycles. The quantitative estimate of drug-likeness (QED) is 0.748. The Morgan fingerprint density at radius 1 is 1.38 bits per heavy atom. The van der Waals surface area contributed by atoms with Crippen molar-refractivity contribution in [2.24, 2.45) is 5.73 Å². The standard InChI is InChI=1S/C16H24ClNO3/c1-4-6-15(16(19)20-5-2)21-14-8-7-12(9-11(3)18)10-13(14)17/h7-8,10-11,15H,4-6,9,18H2,1-3H3. The summed E-state index contributed by atoms with van der Waals surface area (Å²) in [5.41, 5.74) is 6.82. The minimum Gasteiger partial charge on any atom is -0.477 e. The van der Waals surface area contributed by atoms with E-state index >= 15 is 0 Å². The van der Waals surface area contributed by atoms with Crippen LogP contribution in [0.5, 0.6) is 5.75 Å². The van der Waals surface area contributed by atoms with Crippen molar-refractivity contribution in [3.05, 3.63) is 28.8 Å². The summed E-state index contributed by atoms with van der Waals surface area (Å²) in [6, 6.07) is 5.59. The normalized spacial score (nSPS) is 13.6. The fraction of sp³-hybridized carbons (Fsp3) is 0.562.